The molecule has 1 rings (SSSR count). The van der Waals surface area contributed by atoms with Gasteiger partial charge in [0.15, 0.2) is 0 Å². The molecule has 0 aromatic heterocycles. The standard InChI is InChI=1S/C11H12O2/c1-3-13-11(12)8-10-6-4-9(2)5-7-10/h2,4-7H,3,8H2,1H3. The molecular weight excluding hydrogens is 164 g/mol. The van der Waals surface area contributed by atoms with Crippen LogP contribution in [0.25, 0.3) is 0 Å². The van der Waals surface area contributed by atoms with Crippen molar-refractivity contribution < 1.29 is 9.53 Å². The molecule has 1 aromatic carbocycles. The zero-order valence-corrected chi connectivity index (χ0v) is 7.62. The third kappa shape index (κ3) is 3.28. The molecule has 2 heteroatoms. The van der Waals surface area contributed by atoms with Gasteiger partial charge in [-0.15, -0.1) is 0 Å². The van der Waals surface area contributed by atoms with Gasteiger partial charge in [0.25, 0.3) is 0 Å². The minimum absolute atomic E-state index is 0.202. The van der Waals surface area contributed by atoms with Crippen LogP contribution in [0.4, 0.5) is 0 Å². The summed E-state index contributed by atoms with van der Waals surface area (Å²) in [5.41, 5.74) is 1.63. The molecule has 0 amide bonds. The monoisotopic (exact) mass is 176 g/mol. The van der Waals surface area contributed by atoms with E-state index in [9.17, 15) is 4.79 Å². The van der Waals surface area contributed by atoms with Gasteiger partial charge in [-0.05, 0) is 25.0 Å². The summed E-state index contributed by atoms with van der Waals surface area (Å²) in [4.78, 5) is 11.0. The van der Waals surface area contributed by atoms with Crippen molar-refractivity contribution in [1.29, 1.82) is 0 Å². The number of esters is 1. The molecule has 2 nitrogen and oxygen atoms in total. The molecule has 0 bridgehead atoms. The maximum Gasteiger partial charge on any atom is 0.310 e. The summed E-state index contributed by atoms with van der Waals surface area (Å²) in [6, 6.07) is 7.20. The second-order valence-corrected chi connectivity index (χ2v) is 2.72. The van der Waals surface area contributed by atoms with Crippen molar-refractivity contribution in [1.82, 2.24) is 0 Å². The predicted molar refractivity (Wildman–Crippen MR) is 50.2 cm³/mol. The van der Waals surface area contributed by atoms with Crippen LogP contribution < -0.4 is 0 Å². The first kappa shape index (κ1) is 9.78. The molecule has 0 atom stereocenters. The molecule has 0 aliphatic rings. The van der Waals surface area contributed by atoms with Gasteiger partial charge in [-0.2, -0.15) is 0 Å². The maximum atomic E-state index is 11.0. The molecule has 0 aliphatic carbocycles. The summed E-state index contributed by atoms with van der Waals surface area (Å²) in [6.07, 6.45) is 0.314. The van der Waals surface area contributed by atoms with E-state index in [0.717, 1.165) is 5.56 Å². The van der Waals surface area contributed by atoms with Crippen molar-refractivity contribution >= 4 is 5.97 Å². The smallest absolute Gasteiger partial charge is 0.310 e. The van der Waals surface area contributed by atoms with Gasteiger partial charge in [-0.25, -0.2) is 0 Å². The number of benzene rings is 1. The summed E-state index contributed by atoms with van der Waals surface area (Å²) < 4.78 is 4.81. The van der Waals surface area contributed by atoms with E-state index in [-0.39, 0.29) is 5.97 Å². The Kier molecular flexibility index (Phi) is 3.50. The van der Waals surface area contributed by atoms with E-state index in [4.69, 9.17) is 11.7 Å². The van der Waals surface area contributed by atoms with Crippen LogP contribution >= 0.6 is 0 Å². The summed E-state index contributed by atoms with van der Waals surface area (Å²) in [6.45, 7) is 7.72. The van der Waals surface area contributed by atoms with Crippen molar-refractivity contribution in [3.8, 4) is 0 Å². The molecule has 68 valence electrons. The van der Waals surface area contributed by atoms with Gasteiger partial charge in [0, 0.05) is 0 Å². The Balaban J connectivity index is 2.54. The molecule has 13 heavy (non-hydrogen) atoms. The van der Waals surface area contributed by atoms with Gasteiger partial charge in [-0.3, -0.25) is 4.79 Å². The Morgan fingerprint density at radius 1 is 1.38 bits per heavy atom. The minimum Gasteiger partial charge on any atom is -0.466 e. The highest BCUT2D eigenvalue weighted by atomic mass is 16.5. The quantitative estimate of drug-likeness (QED) is 0.657. The van der Waals surface area contributed by atoms with Crippen LogP contribution in [0, 0.1) is 6.92 Å². The van der Waals surface area contributed by atoms with E-state index in [1.54, 1.807) is 19.1 Å². The third-order valence-electron chi connectivity index (χ3n) is 1.63. The minimum atomic E-state index is -0.202. The van der Waals surface area contributed by atoms with Crippen LogP contribution in [0.3, 0.4) is 0 Å². The van der Waals surface area contributed by atoms with Crippen LogP contribution in [-0.4, -0.2) is 12.6 Å². The van der Waals surface area contributed by atoms with Crippen molar-refractivity contribution in [2.75, 3.05) is 6.61 Å². The Hall–Kier alpha value is -1.31. The number of carbonyl (C=O) groups excluding carboxylic acids is 1. The largest absolute Gasteiger partial charge is 0.466 e. The number of hydrogen-bond donors (Lipinski definition) is 0. The molecule has 0 saturated heterocycles. The second-order valence-electron chi connectivity index (χ2n) is 2.72. The molecule has 0 aliphatic heterocycles. The molecule has 1 aromatic rings. The average Bonchev–Trinajstić information content (AvgIpc) is 2.09. The zero-order valence-electron chi connectivity index (χ0n) is 7.62. The van der Waals surface area contributed by atoms with E-state index in [1.807, 2.05) is 12.1 Å². The van der Waals surface area contributed by atoms with Gasteiger partial charge in [0.1, 0.15) is 0 Å². The average molecular weight is 176 g/mol. The maximum absolute atomic E-state index is 11.0. The lowest BCUT2D eigenvalue weighted by atomic mass is 10.1. The molecule has 0 unspecified atom stereocenters. The predicted octanol–water partition coefficient (Wildman–Crippen LogP) is 1.85. The highest BCUT2D eigenvalue weighted by Gasteiger charge is 2.02. The number of rotatable bonds is 3. The summed E-state index contributed by atoms with van der Waals surface area (Å²) >= 11 is 0. The fraction of sp³-hybridized carbons (Fsp3) is 0.273. The lowest BCUT2D eigenvalue weighted by Crippen LogP contribution is -2.07. The van der Waals surface area contributed by atoms with E-state index in [1.165, 1.54) is 0 Å². The molecule has 0 saturated carbocycles. The van der Waals surface area contributed by atoms with Gasteiger partial charge in [0.05, 0.1) is 13.0 Å². The van der Waals surface area contributed by atoms with Crippen LogP contribution in [0.5, 0.6) is 0 Å². The van der Waals surface area contributed by atoms with Gasteiger partial charge >= 0.3 is 5.97 Å². The Morgan fingerprint density at radius 2 is 2.00 bits per heavy atom. The number of hydrogen-bond acceptors (Lipinski definition) is 2. The topological polar surface area (TPSA) is 26.3 Å². The van der Waals surface area contributed by atoms with E-state index in [2.05, 4.69) is 0 Å². The molecule has 0 heterocycles. The SMILES string of the molecule is [CH]c1ccc(CC(=O)OCC)cc1. The van der Waals surface area contributed by atoms with Crippen molar-refractivity contribution in [2.24, 2.45) is 0 Å². The number of carbonyl (C=O) groups is 1. The second kappa shape index (κ2) is 4.65. The van der Waals surface area contributed by atoms with Gasteiger partial charge in [0.2, 0.25) is 0 Å². The normalized spacial score (nSPS) is 9.69. The first-order valence-corrected chi connectivity index (χ1v) is 4.22. The molecule has 0 fully saturated rings. The van der Waals surface area contributed by atoms with Crippen molar-refractivity contribution in [2.45, 2.75) is 13.3 Å². The van der Waals surface area contributed by atoms with Crippen LogP contribution in [0.1, 0.15) is 18.1 Å². The highest BCUT2D eigenvalue weighted by molar-refractivity contribution is 5.72. The fourth-order valence-corrected chi connectivity index (χ4v) is 1.01. The van der Waals surface area contributed by atoms with Crippen LogP contribution in [0.15, 0.2) is 24.3 Å². The van der Waals surface area contributed by atoms with Crippen LogP contribution in [0.2, 0.25) is 0 Å². The molecule has 0 N–H and O–H groups in total. The van der Waals surface area contributed by atoms with E-state index in [0.29, 0.717) is 18.6 Å². The van der Waals surface area contributed by atoms with Crippen molar-refractivity contribution in [3.63, 3.8) is 0 Å². The van der Waals surface area contributed by atoms with Crippen LogP contribution in [-0.2, 0) is 16.0 Å². The highest BCUT2D eigenvalue weighted by Crippen LogP contribution is 2.04. The molecule has 2 radical (unpaired) electrons. The fourth-order valence-electron chi connectivity index (χ4n) is 1.01. The molecular formula is C11H12O2. The summed E-state index contributed by atoms with van der Waals surface area (Å²) in [7, 11) is 0. The van der Waals surface area contributed by atoms with E-state index >= 15 is 0 Å². The molecule has 0 spiro atoms. The first-order valence-electron chi connectivity index (χ1n) is 4.22. The lowest BCUT2D eigenvalue weighted by molar-refractivity contribution is -0.142. The third-order valence-corrected chi connectivity index (χ3v) is 1.63. The summed E-state index contributed by atoms with van der Waals surface area (Å²) in [5.74, 6) is -0.202. The Labute approximate surface area is 78.5 Å². The Bertz CT molecular complexity index is 275. The lowest BCUT2D eigenvalue weighted by Gasteiger charge is -2.01. The van der Waals surface area contributed by atoms with Crippen molar-refractivity contribution in [3.05, 3.63) is 42.3 Å². The van der Waals surface area contributed by atoms with Gasteiger partial charge in [-0.1, -0.05) is 24.3 Å². The Morgan fingerprint density at radius 3 is 2.54 bits per heavy atom. The van der Waals surface area contributed by atoms with Gasteiger partial charge < -0.3 is 4.74 Å². The summed E-state index contributed by atoms with van der Waals surface area (Å²) in [5, 5.41) is 0. The zero-order chi connectivity index (χ0) is 9.68. The number of ether oxygens (including phenoxy) is 1. The van der Waals surface area contributed by atoms with E-state index < -0.39 is 0 Å². The first-order chi connectivity index (χ1) is 6.22.